The molecular formula is C24H32N4O4S. The number of rotatable bonds is 5. The van der Waals surface area contributed by atoms with Crippen molar-refractivity contribution >= 4 is 22.7 Å². The van der Waals surface area contributed by atoms with Gasteiger partial charge in [0.1, 0.15) is 6.17 Å². The summed E-state index contributed by atoms with van der Waals surface area (Å²) in [6.45, 7) is 1.81. The predicted molar refractivity (Wildman–Crippen MR) is 127 cm³/mol. The third-order valence-electron chi connectivity index (χ3n) is 7.40. The van der Waals surface area contributed by atoms with E-state index < -0.39 is 10.8 Å². The Morgan fingerprint density at radius 1 is 1.33 bits per heavy atom. The number of aliphatic imine (C=N–C) groups is 1. The van der Waals surface area contributed by atoms with Crippen LogP contribution in [0.15, 0.2) is 39.9 Å². The van der Waals surface area contributed by atoms with E-state index in [-0.39, 0.29) is 24.3 Å². The van der Waals surface area contributed by atoms with Crippen molar-refractivity contribution in [3.8, 4) is 0 Å². The van der Waals surface area contributed by atoms with Gasteiger partial charge in [0.15, 0.2) is 0 Å². The highest BCUT2D eigenvalue weighted by molar-refractivity contribution is 7.89. The smallest absolute Gasteiger partial charge is 0.337 e. The topological polar surface area (TPSA) is 94.5 Å². The zero-order chi connectivity index (χ0) is 23.2. The number of carbonyl (C=O) groups excluding carboxylic acids is 1. The first-order valence-electron chi connectivity index (χ1n) is 11.7. The van der Waals surface area contributed by atoms with Crippen molar-refractivity contribution in [1.82, 2.24) is 15.1 Å². The first-order valence-corrected chi connectivity index (χ1v) is 13.0. The Hall–Kier alpha value is -2.23. The summed E-state index contributed by atoms with van der Waals surface area (Å²) in [6, 6.07) is 7.75. The summed E-state index contributed by atoms with van der Waals surface area (Å²) >= 11 is 0. The second kappa shape index (κ2) is 8.85. The molecule has 1 aromatic carbocycles. The number of allylic oxidation sites excluding steroid dienone is 1. The summed E-state index contributed by atoms with van der Waals surface area (Å²) in [5.74, 6) is 1.62. The van der Waals surface area contributed by atoms with Crippen LogP contribution in [-0.4, -0.2) is 82.4 Å². The number of ether oxygens (including phenoxy) is 1. The van der Waals surface area contributed by atoms with E-state index >= 15 is 0 Å². The summed E-state index contributed by atoms with van der Waals surface area (Å²) in [4.78, 5) is 22.2. The highest BCUT2D eigenvalue weighted by Gasteiger charge is 2.48. The van der Waals surface area contributed by atoms with Gasteiger partial charge in [0.25, 0.3) is 0 Å². The number of aliphatic hydroxyl groups is 1. The number of methoxy groups -OCH3 is 1. The summed E-state index contributed by atoms with van der Waals surface area (Å²) in [5.41, 5.74) is 2.45. The monoisotopic (exact) mass is 472 g/mol. The van der Waals surface area contributed by atoms with Crippen LogP contribution in [0.1, 0.15) is 53.9 Å². The van der Waals surface area contributed by atoms with Gasteiger partial charge in [-0.2, -0.15) is 0 Å². The van der Waals surface area contributed by atoms with Gasteiger partial charge >= 0.3 is 5.97 Å². The fourth-order valence-electron chi connectivity index (χ4n) is 5.13. The number of hydrogen-bond acceptors (Lipinski definition) is 8. The van der Waals surface area contributed by atoms with E-state index in [1.165, 1.54) is 12.7 Å². The van der Waals surface area contributed by atoms with E-state index in [2.05, 4.69) is 21.2 Å². The van der Waals surface area contributed by atoms with Crippen molar-refractivity contribution in [3.63, 3.8) is 0 Å². The molecule has 0 amide bonds. The van der Waals surface area contributed by atoms with E-state index in [0.717, 1.165) is 61.8 Å². The van der Waals surface area contributed by atoms with E-state index in [1.54, 1.807) is 6.07 Å². The van der Waals surface area contributed by atoms with Crippen LogP contribution in [0.2, 0.25) is 0 Å². The lowest BCUT2D eigenvalue weighted by Gasteiger charge is -2.43. The van der Waals surface area contributed by atoms with E-state index in [4.69, 9.17) is 9.73 Å². The Labute approximate surface area is 197 Å². The number of benzene rings is 1. The van der Waals surface area contributed by atoms with Crippen LogP contribution in [0.4, 0.5) is 0 Å². The summed E-state index contributed by atoms with van der Waals surface area (Å²) in [5, 5.41) is 13.5. The zero-order valence-electron chi connectivity index (χ0n) is 19.2. The van der Waals surface area contributed by atoms with E-state index in [9.17, 15) is 14.1 Å². The van der Waals surface area contributed by atoms with Gasteiger partial charge in [-0.25, -0.2) is 9.79 Å². The van der Waals surface area contributed by atoms with Crippen LogP contribution in [-0.2, 0) is 15.5 Å². The number of aliphatic hydroxyl groups excluding tert-OH is 1. The van der Waals surface area contributed by atoms with E-state index in [1.807, 2.05) is 19.2 Å². The standard InChI is InChI=1S/C24H32N4O4S/c1-27-21(26-24(15-29)9-10-24)20-19(8-13-33(20)31)25-23(27)28-11-6-16(7-12-28)17-4-3-5-18(14-17)22(30)32-2/h3-5,14,16,21,26,29H,6-13,15H2,1-2H3. The van der Waals surface area contributed by atoms with Crippen molar-refractivity contribution in [1.29, 1.82) is 0 Å². The fourth-order valence-corrected chi connectivity index (χ4v) is 6.61. The molecule has 4 aliphatic rings. The molecule has 1 saturated carbocycles. The van der Waals surface area contributed by atoms with Gasteiger partial charge in [-0.15, -0.1) is 0 Å². The van der Waals surface area contributed by atoms with Gasteiger partial charge < -0.3 is 19.6 Å². The van der Waals surface area contributed by atoms with Crippen LogP contribution in [0, 0.1) is 0 Å². The molecule has 1 saturated heterocycles. The molecule has 3 aliphatic heterocycles. The quantitative estimate of drug-likeness (QED) is 0.631. The molecule has 1 aromatic rings. The molecule has 2 unspecified atom stereocenters. The van der Waals surface area contributed by atoms with Crippen LogP contribution >= 0.6 is 0 Å². The minimum atomic E-state index is -1.03. The Morgan fingerprint density at radius 3 is 2.76 bits per heavy atom. The molecule has 8 nitrogen and oxygen atoms in total. The van der Waals surface area contributed by atoms with Crippen LogP contribution < -0.4 is 5.32 Å². The number of hydrogen-bond donors (Lipinski definition) is 2. The number of esters is 1. The Morgan fingerprint density at radius 2 is 2.09 bits per heavy atom. The molecule has 33 heavy (non-hydrogen) atoms. The molecule has 3 heterocycles. The van der Waals surface area contributed by atoms with Gasteiger partial charge in [0.05, 0.1) is 40.7 Å². The summed E-state index contributed by atoms with van der Waals surface area (Å²) in [6.07, 6.45) is 4.35. The van der Waals surface area contributed by atoms with Crippen molar-refractivity contribution < 1.29 is 18.8 Å². The average molecular weight is 473 g/mol. The highest BCUT2D eigenvalue weighted by atomic mass is 32.2. The third-order valence-corrected chi connectivity index (χ3v) is 8.92. The van der Waals surface area contributed by atoms with Crippen molar-refractivity contribution in [3.05, 3.63) is 46.0 Å². The largest absolute Gasteiger partial charge is 0.465 e. The highest BCUT2D eigenvalue weighted by Crippen LogP contribution is 2.40. The summed E-state index contributed by atoms with van der Waals surface area (Å²) < 4.78 is 17.6. The lowest BCUT2D eigenvalue weighted by Crippen LogP contribution is -2.59. The van der Waals surface area contributed by atoms with Gasteiger partial charge in [-0.05, 0) is 49.3 Å². The average Bonchev–Trinajstić information content (AvgIpc) is 3.54. The maximum Gasteiger partial charge on any atom is 0.337 e. The molecule has 2 atom stereocenters. The molecule has 0 spiro atoms. The minimum Gasteiger partial charge on any atom is -0.465 e. The van der Waals surface area contributed by atoms with Crippen molar-refractivity contribution in [2.75, 3.05) is 39.6 Å². The Kier molecular flexibility index (Phi) is 6.05. The normalized spacial score (nSPS) is 26.8. The first-order chi connectivity index (χ1) is 15.9. The van der Waals surface area contributed by atoms with Crippen LogP contribution in [0.25, 0.3) is 0 Å². The van der Waals surface area contributed by atoms with Gasteiger partial charge in [0.2, 0.25) is 5.96 Å². The lowest BCUT2D eigenvalue weighted by atomic mass is 9.88. The molecule has 0 aromatic heterocycles. The first kappa shape index (κ1) is 22.6. The maximum atomic E-state index is 12.7. The summed E-state index contributed by atoms with van der Waals surface area (Å²) in [7, 11) is 2.39. The van der Waals surface area contributed by atoms with Crippen LogP contribution in [0.3, 0.4) is 0 Å². The molecule has 1 aliphatic carbocycles. The molecule has 178 valence electrons. The Bertz CT molecular complexity index is 1030. The predicted octanol–water partition coefficient (Wildman–Crippen LogP) is 1.76. The Balaban J connectivity index is 1.32. The fraction of sp³-hybridized carbons (Fsp3) is 0.583. The molecule has 0 radical (unpaired) electrons. The minimum absolute atomic E-state index is 0.0924. The van der Waals surface area contributed by atoms with Gasteiger partial charge in [-0.1, -0.05) is 12.1 Å². The lowest BCUT2D eigenvalue weighted by molar-refractivity contribution is 0.0600. The molecule has 5 rings (SSSR count). The number of nitrogens with zero attached hydrogens (tertiary/aromatic N) is 3. The third kappa shape index (κ3) is 4.22. The second-order valence-corrected chi connectivity index (χ2v) is 11.0. The van der Waals surface area contributed by atoms with Crippen molar-refractivity contribution in [2.45, 2.75) is 49.7 Å². The van der Waals surface area contributed by atoms with E-state index in [0.29, 0.717) is 17.2 Å². The number of carbonyl (C=O) groups is 1. The number of likely N-dealkylation sites (N-methyl/N-ethyl adjacent to an activating group) is 1. The number of likely N-dealkylation sites (tertiary alicyclic amines) is 1. The second-order valence-electron chi connectivity index (χ2n) is 9.50. The molecule has 2 N–H and O–H groups in total. The SMILES string of the molecule is COC(=O)c1cccc(C2CCN(C3=NC4=C(C(NC5(CO)CC5)N3C)S(=O)CC4)CC2)c1. The van der Waals surface area contributed by atoms with Gasteiger partial charge in [-0.3, -0.25) is 9.53 Å². The number of piperidine rings is 1. The molecule has 9 heteroatoms. The molecular weight excluding hydrogens is 440 g/mol. The number of nitrogens with one attached hydrogen (secondary N) is 1. The van der Waals surface area contributed by atoms with Crippen LogP contribution in [0.5, 0.6) is 0 Å². The maximum absolute atomic E-state index is 12.7. The zero-order valence-corrected chi connectivity index (χ0v) is 20.1. The molecule has 2 fully saturated rings. The van der Waals surface area contributed by atoms with Gasteiger partial charge in [0, 0.05) is 37.8 Å². The number of guanidine groups is 1. The van der Waals surface area contributed by atoms with Crippen molar-refractivity contribution in [2.24, 2.45) is 4.99 Å². The molecule has 0 bridgehead atoms.